The first-order valence-corrected chi connectivity index (χ1v) is 9.19. The summed E-state index contributed by atoms with van der Waals surface area (Å²) in [6.07, 6.45) is 0. The number of urea groups is 1. The molecule has 0 saturated carbocycles. The van der Waals surface area contributed by atoms with Crippen LogP contribution in [0.1, 0.15) is 5.56 Å². The molecule has 4 aromatic rings. The second-order valence-electron chi connectivity index (χ2n) is 6.73. The Kier molecular flexibility index (Phi) is 5.82. The van der Waals surface area contributed by atoms with Gasteiger partial charge >= 0.3 is 6.03 Å². The van der Waals surface area contributed by atoms with Crippen molar-refractivity contribution in [2.24, 2.45) is 0 Å². The van der Waals surface area contributed by atoms with E-state index in [-0.39, 0.29) is 17.1 Å². The number of aromatic nitrogens is 2. The first-order valence-electron chi connectivity index (χ1n) is 9.19. The molecule has 1 heterocycles. The average molecular weight is 466 g/mol. The summed E-state index contributed by atoms with van der Waals surface area (Å²) >= 11 is 0. The molecule has 0 atom stereocenters. The van der Waals surface area contributed by atoms with Gasteiger partial charge in [-0.25, -0.2) is 31.1 Å². The van der Waals surface area contributed by atoms with Crippen LogP contribution in [0.5, 0.6) is 5.75 Å². The van der Waals surface area contributed by atoms with E-state index in [2.05, 4.69) is 15.5 Å². The van der Waals surface area contributed by atoms with E-state index in [0.29, 0.717) is 29.1 Å². The number of rotatable bonds is 5. The molecule has 170 valence electrons. The predicted octanol–water partition coefficient (Wildman–Crippen LogP) is 5.62. The zero-order valence-electron chi connectivity index (χ0n) is 16.3. The second-order valence-corrected chi connectivity index (χ2v) is 6.73. The molecule has 0 aliphatic carbocycles. The molecule has 0 fully saturated rings. The summed E-state index contributed by atoms with van der Waals surface area (Å²) in [7, 11) is 0. The third-order valence-electron chi connectivity index (χ3n) is 4.53. The van der Waals surface area contributed by atoms with Crippen LogP contribution < -0.4 is 15.4 Å². The molecule has 12 heteroatoms. The number of amides is 2. The van der Waals surface area contributed by atoms with E-state index in [1.807, 2.05) is 5.32 Å². The highest BCUT2D eigenvalue weighted by Crippen LogP contribution is 2.27. The lowest BCUT2D eigenvalue weighted by Gasteiger charge is -2.09. The van der Waals surface area contributed by atoms with Gasteiger partial charge in [0, 0.05) is 17.0 Å². The van der Waals surface area contributed by atoms with Crippen molar-refractivity contribution in [2.45, 2.75) is 6.61 Å². The Hall–Kier alpha value is -4.22. The summed E-state index contributed by atoms with van der Waals surface area (Å²) in [4.78, 5) is 12.2. The van der Waals surface area contributed by atoms with Crippen molar-refractivity contribution < 1.29 is 35.9 Å². The molecule has 0 aliphatic rings. The largest absolute Gasteiger partial charge is 0.489 e. The van der Waals surface area contributed by atoms with Crippen molar-refractivity contribution in [3.05, 3.63) is 82.9 Å². The monoisotopic (exact) mass is 466 g/mol. The molecule has 4 rings (SSSR count). The van der Waals surface area contributed by atoms with Crippen LogP contribution >= 0.6 is 0 Å². The topological polar surface area (TPSA) is 79.0 Å². The Bertz CT molecular complexity index is 1370. The third kappa shape index (κ3) is 4.54. The Balaban J connectivity index is 1.49. The molecule has 1 aromatic heterocycles. The maximum absolute atomic E-state index is 13.8. The van der Waals surface area contributed by atoms with Crippen molar-refractivity contribution >= 4 is 28.4 Å². The number of halogens is 6. The van der Waals surface area contributed by atoms with Gasteiger partial charge in [-0.15, -0.1) is 0 Å². The van der Waals surface area contributed by atoms with Gasteiger partial charge in [0.2, 0.25) is 0 Å². The molecule has 0 aliphatic heterocycles. The highest BCUT2D eigenvalue weighted by Gasteiger charge is 2.17. The highest BCUT2D eigenvalue weighted by atomic mass is 19.2. The minimum absolute atomic E-state index is 0.0186. The number of ether oxygens (including phenoxy) is 1. The molecule has 3 N–H and O–H groups in total. The lowest BCUT2D eigenvalue weighted by atomic mass is 10.2. The average Bonchev–Trinajstić information content (AvgIpc) is 3.17. The van der Waals surface area contributed by atoms with Crippen molar-refractivity contribution in [3.8, 4) is 5.75 Å². The number of hydrogen-bond acceptors (Lipinski definition) is 3. The van der Waals surface area contributed by atoms with E-state index < -0.39 is 53.2 Å². The second kappa shape index (κ2) is 8.73. The molecule has 0 bridgehead atoms. The van der Waals surface area contributed by atoms with Crippen LogP contribution in [-0.2, 0) is 6.61 Å². The SMILES string of the molecule is O=C(Nc1ccc(F)c(F)c1F)Nc1n[nH]c2ccc(OCc3cc(F)c(F)cc3F)cc12. The van der Waals surface area contributed by atoms with Crippen LogP contribution in [0.25, 0.3) is 10.9 Å². The van der Waals surface area contributed by atoms with Crippen LogP contribution in [0.15, 0.2) is 42.5 Å². The minimum atomic E-state index is -1.74. The van der Waals surface area contributed by atoms with Crippen molar-refractivity contribution in [1.29, 1.82) is 0 Å². The molecule has 2 amide bonds. The first-order chi connectivity index (χ1) is 15.7. The Morgan fingerprint density at radius 1 is 0.848 bits per heavy atom. The zero-order chi connectivity index (χ0) is 23.7. The van der Waals surface area contributed by atoms with E-state index in [0.717, 1.165) is 6.07 Å². The molecular formula is C21H12F6N4O2. The van der Waals surface area contributed by atoms with Crippen LogP contribution in [-0.4, -0.2) is 16.2 Å². The van der Waals surface area contributed by atoms with Gasteiger partial charge in [-0.2, -0.15) is 5.10 Å². The van der Waals surface area contributed by atoms with Crippen molar-refractivity contribution in [2.75, 3.05) is 10.6 Å². The maximum atomic E-state index is 13.8. The number of aromatic amines is 1. The summed E-state index contributed by atoms with van der Waals surface area (Å²) in [5, 5.41) is 11.2. The summed E-state index contributed by atoms with van der Waals surface area (Å²) in [6, 6.07) is 6.01. The number of fused-ring (bicyclic) bond motifs is 1. The van der Waals surface area contributed by atoms with Crippen LogP contribution in [0.4, 0.5) is 42.6 Å². The van der Waals surface area contributed by atoms with Gasteiger partial charge in [0.25, 0.3) is 0 Å². The maximum Gasteiger partial charge on any atom is 0.324 e. The number of anilines is 2. The highest BCUT2D eigenvalue weighted by molar-refractivity contribution is 6.04. The Labute approximate surface area is 181 Å². The Morgan fingerprint density at radius 2 is 1.61 bits per heavy atom. The standard InChI is InChI=1S/C21H12F6N4O2/c22-12-2-4-17(19(27)18(12)26)28-21(32)29-20-11-6-10(1-3-16(11)30-31-20)33-8-9-5-14(24)15(25)7-13(9)23/h1-7H,8H2,(H3,28,29,30,31,32). The normalized spacial score (nSPS) is 11.0. The van der Waals surface area contributed by atoms with E-state index >= 15 is 0 Å². The molecule has 0 unspecified atom stereocenters. The molecule has 33 heavy (non-hydrogen) atoms. The molecule has 3 aromatic carbocycles. The fourth-order valence-electron chi connectivity index (χ4n) is 2.90. The van der Waals surface area contributed by atoms with Crippen LogP contribution in [0.3, 0.4) is 0 Å². The summed E-state index contributed by atoms with van der Waals surface area (Å²) in [5.74, 6) is -8.09. The number of H-pyrrole nitrogens is 1. The number of carbonyl (C=O) groups is 1. The molecule has 0 radical (unpaired) electrons. The predicted molar refractivity (Wildman–Crippen MR) is 106 cm³/mol. The number of benzene rings is 3. The molecule has 6 nitrogen and oxygen atoms in total. The van der Waals surface area contributed by atoms with E-state index in [1.54, 1.807) is 0 Å². The van der Waals surface area contributed by atoms with Crippen molar-refractivity contribution in [3.63, 3.8) is 0 Å². The van der Waals surface area contributed by atoms with Gasteiger partial charge in [-0.3, -0.25) is 10.4 Å². The Morgan fingerprint density at radius 3 is 2.39 bits per heavy atom. The lowest BCUT2D eigenvalue weighted by molar-refractivity contribution is 0.262. The van der Waals surface area contributed by atoms with E-state index in [4.69, 9.17) is 4.74 Å². The van der Waals surface area contributed by atoms with Gasteiger partial charge in [-0.05, 0) is 36.4 Å². The minimum Gasteiger partial charge on any atom is -0.489 e. The lowest BCUT2D eigenvalue weighted by Crippen LogP contribution is -2.21. The summed E-state index contributed by atoms with van der Waals surface area (Å²) in [5.41, 5.74) is -0.355. The first kappa shape index (κ1) is 22.0. The van der Waals surface area contributed by atoms with Gasteiger partial charge < -0.3 is 10.1 Å². The summed E-state index contributed by atoms with van der Waals surface area (Å²) < 4.78 is 85.6. The van der Waals surface area contributed by atoms with E-state index in [1.165, 1.54) is 18.2 Å². The van der Waals surface area contributed by atoms with Gasteiger partial charge in [0.1, 0.15) is 18.2 Å². The number of hydrogen-bond donors (Lipinski definition) is 3. The molecule has 0 spiro atoms. The summed E-state index contributed by atoms with van der Waals surface area (Å²) in [6.45, 7) is -0.412. The number of carbonyl (C=O) groups excluding carboxylic acids is 1. The van der Waals surface area contributed by atoms with Crippen LogP contribution in [0.2, 0.25) is 0 Å². The fourth-order valence-corrected chi connectivity index (χ4v) is 2.90. The smallest absolute Gasteiger partial charge is 0.324 e. The quantitative estimate of drug-likeness (QED) is 0.203. The fraction of sp³-hybridized carbons (Fsp3) is 0.0476. The molecular weight excluding hydrogens is 454 g/mol. The number of nitrogens with one attached hydrogen (secondary N) is 3. The van der Waals surface area contributed by atoms with E-state index in [9.17, 15) is 31.1 Å². The zero-order valence-corrected chi connectivity index (χ0v) is 16.3. The molecule has 0 saturated heterocycles. The number of nitrogens with zero attached hydrogens (tertiary/aromatic N) is 1. The van der Waals surface area contributed by atoms with Gasteiger partial charge in [-0.1, -0.05) is 0 Å². The van der Waals surface area contributed by atoms with Gasteiger partial charge in [0.05, 0.1) is 11.2 Å². The van der Waals surface area contributed by atoms with Gasteiger partial charge in [0.15, 0.2) is 34.9 Å². The van der Waals surface area contributed by atoms with Crippen LogP contribution in [0, 0.1) is 34.9 Å². The van der Waals surface area contributed by atoms with Crippen molar-refractivity contribution in [1.82, 2.24) is 10.2 Å². The third-order valence-corrected chi connectivity index (χ3v) is 4.53.